The summed E-state index contributed by atoms with van der Waals surface area (Å²) < 4.78 is 1.76. The molecule has 1 heterocycles. The molecule has 0 spiro atoms. The van der Waals surface area contributed by atoms with Crippen molar-refractivity contribution in [3.63, 3.8) is 0 Å². The van der Waals surface area contributed by atoms with Gasteiger partial charge >= 0.3 is 0 Å². The van der Waals surface area contributed by atoms with Crippen LogP contribution in [0.25, 0.3) is 0 Å². The molecule has 148 valence electrons. The van der Waals surface area contributed by atoms with E-state index in [0.717, 1.165) is 24.9 Å². The smallest absolute Gasteiger partial charge is 0.191 e. The molecule has 1 fully saturated rings. The fourth-order valence-electron chi connectivity index (χ4n) is 3.80. The molecule has 0 bridgehead atoms. The van der Waals surface area contributed by atoms with Crippen LogP contribution >= 0.6 is 24.0 Å². The summed E-state index contributed by atoms with van der Waals surface area (Å²) in [6.45, 7) is 6.52. The zero-order valence-corrected chi connectivity index (χ0v) is 18.9. The predicted molar refractivity (Wildman–Crippen MR) is 121 cm³/mol. The van der Waals surface area contributed by atoms with Gasteiger partial charge in [0.15, 0.2) is 5.96 Å². The van der Waals surface area contributed by atoms with Gasteiger partial charge in [0.05, 0.1) is 0 Å². The lowest BCUT2D eigenvalue weighted by Gasteiger charge is -2.31. The normalized spacial score (nSPS) is 16.0. The summed E-state index contributed by atoms with van der Waals surface area (Å²) in [7, 11) is 1.89. The van der Waals surface area contributed by atoms with Crippen LogP contribution in [0.4, 0.5) is 0 Å². The molecule has 6 nitrogen and oxygen atoms in total. The molecule has 0 amide bonds. The second-order valence-electron chi connectivity index (χ2n) is 7.21. The van der Waals surface area contributed by atoms with Gasteiger partial charge in [0.2, 0.25) is 0 Å². The van der Waals surface area contributed by atoms with Gasteiger partial charge in [-0.25, -0.2) is 9.98 Å². The summed E-state index contributed by atoms with van der Waals surface area (Å²) in [6, 6.07) is 8.98. The predicted octanol–water partition coefficient (Wildman–Crippen LogP) is 3.31. The van der Waals surface area contributed by atoms with E-state index >= 15 is 0 Å². The molecule has 0 atom stereocenters. The highest BCUT2D eigenvalue weighted by molar-refractivity contribution is 14.0. The lowest BCUT2D eigenvalue weighted by atomic mass is 9.78. The molecule has 0 unspecified atom stereocenters. The lowest BCUT2D eigenvalue weighted by Crippen LogP contribution is -2.44. The minimum Gasteiger partial charge on any atom is -0.357 e. The van der Waals surface area contributed by atoms with Crippen LogP contribution in [0.3, 0.4) is 0 Å². The quantitative estimate of drug-likeness (QED) is 0.377. The largest absolute Gasteiger partial charge is 0.357 e. The first-order valence-electron chi connectivity index (χ1n) is 9.55. The van der Waals surface area contributed by atoms with Gasteiger partial charge in [-0.1, -0.05) is 42.7 Å². The lowest BCUT2D eigenvalue weighted by molar-refractivity contribution is 0.431. The highest BCUT2D eigenvalue weighted by atomic mass is 127. The molecule has 1 aliphatic carbocycles. The Morgan fingerprint density at radius 2 is 2.04 bits per heavy atom. The van der Waals surface area contributed by atoms with Crippen molar-refractivity contribution in [1.29, 1.82) is 0 Å². The molecule has 1 saturated carbocycles. The van der Waals surface area contributed by atoms with E-state index < -0.39 is 0 Å². The number of hydrogen-bond acceptors (Lipinski definition) is 3. The van der Waals surface area contributed by atoms with Crippen LogP contribution in [0, 0.1) is 6.92 Å². The Bertz CT molecular complexity index is 748. The third-order valence-electron chi connectivity index (χ3n) is 5.31. The Morgan fingerprint density at radius 3 is 2.67 bits per heavy atom. The van der Waals surface area contributed by atoms with Gasteiger partial charge in [0.1, 0.15) is 18.7 Å². The molecule has 0 aliphatic heterocycles. The number of nitrogens with one attached hydrogen (secondary N) is 2. The van der Waals surface area contributed by atoms with E-state index in [9.17, 15) is 0 Å². The van der Waals surface area contributed by atoms with E-state index in [2.05, 4.69) is 58.8 Å². The Hall–Kier alpha value is -1.64. The summed E-state index contributed by atoms with van der Waals surface area (Å²) in [5.41, 5.74) is 2.98. The maximum atomic E-state index is 4.69. The van der Waals surface area contributed by atoms with E-state index in [-0.39, 0.29) is 29.4 Å². The topological polar surface area (TPSA) is 67.1 Å². The molecule has 2 N–H and O–H groups in total. The molecule has 3 rings (SSSR count). The first-order chi connectivity index (χ1) is 12.6. The molecule has 27 heavy (non-hydrogen) atoms. The molecule has 2 aromatic rings. The van der Waals surface area contributed by atoms with Crippen molar-refractivity contribution in [2.75, 3.05) is 13.1 Å². The number of hydrogen-bond donors (Lipinski definition) is 2. The molecular weight excluding hydrogens is 451 g/mol. The van der Waals surface area contributed by atoms with Crippen molar-refractivity contribution in [3.05, 3.63) is 47.5 Å². The van der Waals surface area contributed by atoms with E-state index in [1.54, 1.807) is 11.0 Å². The van der Waals surface area contributed by atoms with Gasteiger partial charge in [0.25, 0.3) is 0 Å². The van der Waals surface area contributed by atoms with Crippen LogP contribution in [0.2, 0.25) is 0 Å². The van der Waals surface area contributed by atoms with Gasteiger partial charge in [-0.05, 0) is 32.3 Å². The first-order valence-corrected chi connectivity index (χ1v) is 9.55. The molecule has 1 aliphatic rings. The zero-order chi connectivity index (χ0) is 18.4. The van der Waals surface area contributed by atoms with E-state index in [4.69, 9.17) is 4.99 Å². The highest BCUT2D eigenvalue weighted by Gasteiger charge is 2.35. The maximum absolute atomic E-state index is 4.69. The van der Waals surface area contributed by atoms with Crippen LogP contribution in [-0.2, 0) is 19.0 Å². The molecule has 0 radical (unpaired) electrons. The SMILES string of the molecule is CCNC(=NCc1ncnn1C)NCC1(c2cccc(C)c2)CCCC1.I. The fraction of sp³-hybridized carbons (Fsp3) is 0.550. The van der Waals surface area contributed by atoms with Gasteiger partial charge < -0.3 is 10.6 Å². The average Bonchev–Trinajstić information content (AvgIpc) is 3.27. The number of aliphatic imine (C=N–C) groups is 1. The van der Waals surface area contributed by atoms with Crippen molar-refractivity contribution < 1.29 is 0 Å². The van der Waals surface area contributed by atoms with Gasteiger partial charge in [-0.3, -0.25) is 4.68 Å². The van der Waals surface area contributed by atoms with Crippen molar-refractivity contribution in [2.24, 2.45) is 12.0 Å². The average molecular weight is 482 g/mol. The Balaban J connectivity index is 0.00000261. The molecule has 1 aromatic heterocycles. The van der Waals surface area contributed by atoms with Gasteiger partial charge in [-0.2, -0.15) is 5.10 Å². The van der Waals surface area contributed by atoms with E-state index in [1.165, 1.54) is 36.8 Å². The Labute approximate surface area is 179 Å². The summed E-state index contributed by atoms with van der Waals surface area (Å²) in [5, 5.41) is 11.0. The first kappa shape index (κ1) is 21.7. The molecule has 1 aromatic carbocycles. The summed E-state index contributed by atoms with van der Waals surface area (Å²) >= 11 is 0. The molecular formula is C20H31IN6. The van der Waals surface area contributed by atoms with Gasteiger partial charge in [-0.15, -0.1) is 24.0 Å². The van der Waals surface area contributed by atoms with E-state index in [0.29, 0.717) is 6.54 Å². The summed E-state index contributed by atoms with van der Waals surface area (Å²) in [6.07, 6.45) is 6.61. The second kappa shape index (κ2) is 10.1. The van der Waals surface area contributed by atoms with Crippen molar-refractivity contribution >= 4 is 29.9 Å². The Morgan fingerprint density at radius 1 is 1.26 bits per heavy atom. The number of aryl methyl sites for hydroxylation is 2. The number of nitrogens with zero attached hydrogens (tertiary/aromatic N) is 4. The fourth-order valence-corrected chi connectivity index (χ4v) is 3.80. The number of aromatic nitrogens is 3. The summed E-state index contributed by atoms with van der Waals surface area (Å²) in [4.78, 5) is 8.94. The van der Waals surface area contributed by atoms with Crippen molar-refractivity contribution in [2.45, 2.75) is 51.5 Å². The molecule has 0 saturated heterocycles. The van der Waals surface area contributed by atoms with Crippen LogP contribution in [0.5, 0.6) is 0 Å². The standard InChI is InChI=1S/C20H30N6.HI/c1-4-21-19(22-13-18-24-15-25-26(18)3)23-14-20(10-5-6-11-20)17-9-7-8-16(2)12-17;/h7-9,12,15H,4-6,10-11,13-14H2,1-3H3,(H2,21,22,23);1H. The number of benzene rings is 1. The van der Waals surface area contributed by atoms with Crippen molar-refractivity contribution in [1.82, 2.24) is 25.4 Å². The highest BCUT2D eigenvalue weighted by Crippen LogP contribution is 2.40. The van der Waals surface area contributed by atoms with E-state index in [1.807, 2.05) is 7.05 Å². The molecule has 7 heteroatoms. The Kier molecular flexibility index (Phi) is 8.07. The summed E-state index contributed by atoms with van der Waals surface area (Å²) in [5.74, 6) is 1.70. The van der Waals surface area contributed by atoms with Crippen LogP contribution < -0.4 is 10.6 Å². The monoisotopic (exact) mass is 482 g/mol. The minimum absolute atomic E-state index is 0. The van der Waals surface area contributed by atoms with Crippen LogP contribution in [0.1, 0.15) is 49.6 Å². The second-order valence-corrected chi connectivity index (χ2v) is 7.21. The van der Waals surface area contributed by atoms with Crippen molar-refractivity contribution in [3.8, 4) is 0 Å². The minimum atomic E-state index is 0. The number of halogens is 1. The maximum Gasteiger partial charge on any atom is 0.191 e. The number of guanidine groups is 1. The number of rotatable bonds is 6. The third-order valence-corrected chi connectivity index (χ3v) is 5.31. The third kappa shape index (κ3) is 5.43. The van der Waals surface area contributed by atoms with Crippen LogP contribution in [-0.4, -0.2) is 33.8 Å². The van der Waals surface area contributed by atoms with Gasteiger partial charge in [0, 0.05) is 25.6 Å². The zero-order valence-electron chi connectivity index (χ0n) is 16.5. The van der Waals surface area contributed by atoms with Crippen LogP contribution in [0.15, 0.2) is 35.6 Å².